The Balaban J connectivity index is 2.96. The third-order valence-electron chi connectivity index (χ3n) is 2.40. The standard InChI is InChI=1S/C14H17ClN2O/c1-5-7-11-8-10(9-12(15)16-11)13(18)17-14(3,4)6-2/h2,8-9H,5,7H2,1,3-4H3,(H,17,18). The average molecular weight is 265 g/mol. The van der Waals surface area contributed by atoms with Gasteiger partial charge in [0, 0.05) is 11.3 Å². The van der Waals surface area contributed by atoms with E-state index in [2.05, 4.69) is 16.2 Å². The van der Waals surface area contributed by atoms with Crippen molar-refractivity contribution in [3.8, 4) is 12.3 Å². The van der Waals surface area contributed by atoms with Gasteiger partial charge in [0.2, 0.25) is 0 Å². The number of carbonyl (C=O) groups is 1. The number of aryl methyl sites for hydroxylation is 1. The van der Waals surface area contributed by atoms with Crippen molar-refractivity contribution in [2.24, 2.45) is 0 Å². The first-order valence-corrected chi connectivity index (χ1v) is 6.22. The predicted molar refractivity (Wildman–Crippen MR) is 73.6 cm³/mol. The quantitative estimate of drug-likeness (QED) is 0.671. The molecule has 0 aliphatic carbocycles. The second-order valence-electron chi connectivity index (χ2n) is 4.64. The summed E-state index contributed by atoms with van der Waals surface area (Å²) in [5.74, 6) is 2.28. The van der Waals surface area contributed by atoms with Crippen molar-refractivity contribution in [1.82, 2.24) is 10.3 Å². The van der Waals surface area contributed by atoms with Crippen LogP contribution in [0.2, 0.25) is 5.15 Å². The number of nitrogens with one attached hydrogen (secondary N) is 1. The Labute approximate surface area is 113 Å². The van der Waals surface area contributed by atoms with Crippen molar-refractivity contribution in [3.63, 3.8) is 0 Å². The number of pyridine rings is 1. The van der Waals surface area contributed by atoms with Gasteiger partial charge >= 0.3 is 0 Å². The molecule has 0 atom stereocenters. The molecule has 3 nitrogen and oxygen atoms in total. The number of carbonyl (C=O) groups excluding carboxylic acids is 1. The summed E-state index contributed by atoms with van der Waals surface area (Å²) in [6, 6.07) is 3.29. The van der Waals surface area contributed by atoms with E-state index in [1.807, 2.05) is 6.92 Å². The summed E-state index contributed by atoms with van der Waals surface area (Å²) in [7, 11) is 0. The summed E-state index contributed by atoms with van der Waals surface area (Å²) < 4.78 is 0. The van der Waals surface area contributed by atoms with Gasteiger partial charge in [0.25, 0.3) is 5.91 Å². The summed E-state index contributed by atoms with van der Waals surface area (Å²) in [4.78, 5) is 16.2. The van der Waals surface area contributed by atoms with E-state index >= 15 is 0 Å². The van der Waals surface area contributed by atoms with Crippen molar-refractivity contribution in [2.45, 2.75) is 39.2 Å². The van der Waals surface area contributed by atoms with Crippen LogP contribution in [0.15, 0.2) is 12.1 Å². The largest absolute Gasteiger partial charge is 0.336 e. The minimum atomic E-state index is -0.683. The SMILES string of the molecule is C#CC(C)(C)NC(=O)c1cc(Cl)nc(CCC)c1. The van der Waals surface area contributed by atoms with Gasteiger partial charge in [-0.1, -0.05) is 30.9 Å². The number of terminal acetylenes is 1. The third kappa shape index (κ3) is 4.05. The van der Waals surface area contributed by atoms with Gasteiger partial charge in [-0.25, -0.2) is 4.98 Å². The van der Waals surface area contributed by atoms with Gasteiger partial charge in [0.1, 0.15) is 5.15 Å². The van der Waals surface area contributed by atoms with Crippen LogP contribution in [0.1, 0.15) is 43.2 Å². The molecule has 4 heteroatoms. The normalized spacial score (nSPS) is 10.8. The average Bonchev–Trinajstić information content (AvgIpc) is 2.28. The minimum absolute atomic E-state index is 0.236. The Bertz CT molecular complexity index is 489. The van der Waals surface area contributed by atoms with Crippen molar-refractivity contribution in [3.05, 3.63) is 28.5 Å². The molecule has 0 aromatic carbocycles. The number of hydrogen-bond acceptors (Lipinski definition) is 2. The van der Waals surface area contributed by atoms with Crippen LogP contribution in [-0.4, -0.2) is 16.4 Å². The van der Waals surface area contributed by atoms with Crippen molar-refractivity contribution >= 4 is 17.5 Å². The van der Waals surface area contributed by atoms with Crippen LogP contribution in [-0.2, 0) is 6.42 Å². The van der Waals surface area contributed by atoms with Gasteiger partial charge in [-0.3, -0.25) is 4.79 Å². The topological polar surface area (TPSA) is 42.0 Å². The van der Waals surface area contributed by atoms with E-state index in [-0.39, 0.29) is 5.91 Å². The second kappa shape index (κ2) is 5.88. The Morgan fingerprint density at radius 1 is 1.56 bits per heavy atom. The summed E-state index contributed by atoms with van der Waals surface area (Å²) in [5.41, 5.74) is 0.619. The molecule has 96 valence electrons. The molecule has 1 heterocycles. The van der Waals surface area contributed by atoms with Crippen LogP contribution in [0, 0.1) is 12.3 Å². The van der Waals surface area contributed by atoms with Crippen molar-refractivity contribution in [1.29, 1.82) is 0 Å². The monoisotopic (exact) mass is 264 g/mol. The van der Waals surface area contributed by atoms with Gasteiger partial charge in [-0.2, -0.15) is 0 Å². The molecule has 1 amide bonds. The number of hydrogen-bond donors (Lipinski definition) is 1. The zero-order valence-electron chi connectivity index (χ0n) is 10.9. The van der Waals surface area contributed by atoms with Gasteiger partial charge in [0.05, 0.1) is 5.54 Å². The molecule has 0 aliphatic heterocycles. The van der Waals surface area contributed by atoms with Crippen LogP contribution in [0.5, 0.6) is 0 Å². The fraction of sp³-hybridized carbons (Fsp3) is 0.429. The molecule has 1 aromatic heterocycles. The predicted octanol–water partition coefficient (Wildman–Crippen LogP) is 2.83. The molecule has 1 N–H and O–H groups in total. The Kier molecular flexibility index (Phi) is 4.75. The van der Waals surface area contributed by atoms with E-state index < -0.39 is 5.54 Å². The van der Waals surface area contributed by atoms with Crippen LogP contribution >= 0.6 is 11.6 Å². The van der Waals surface area contributed by atoms with Crippen molar-refractivity contribution < 1.29 is 4.79 Å². The summed E-state index contributed by atoms with van der Waals surface area (Å²) >= 11 is 5.90. The fourth-order valence-electron chi connectivity index (χ4n) is 1.46. The number of nitrogens with zero attached hydrogens (tertiary/aromatic N) is 1. The molecular weight excluding hydrogens is 248 g/mol. The lowest BCUT2D eigenvalue weighted by Gasteiger charge is -2.19. The molecule has 0 saturated carbocycles. The number of halogens is 1. The molecule has 0 fully saturated rings. The maximum absolute atomic E-state index is 12.0. The van der Waals surface area contributed by atoms with E-state index in [0.717, 1.165) is 18.5 Å². The number of rotatable bonds is 4. The molecule has 1 rings (SSSR count). The molecule has 0 unspecified atom stereocenters. The van der Waals surface area contributed by atoms with E-state index in [1.54, 1.807) is 26.0 Å². The number of amides is 1. The first-order chi connectivity index (χ1) is 8.38. The van der Waals surface area contributed by atoms with Crippen LogP contribution in [0.3, 0.4) is 0 Å². The van der Waals surface area contributed by atoms with E-state index in [9.17, 15) is 4.79 Å². The lowest BCUT2D eigenvalue weighted by molar-refractivity contribution is 0.0929. The second-order valence-corrected chi connectivity index (χ2v) is 5.03. The lowest BCUT2D eigenvalue weighted by Crippen LogP contribution is -2.42. The Hall–Kier alpha value is -1.53. The summed E-state index contributed by atoms with van der Waals surface area (Å²) in [6.07, 6.45) is 7.08. The Morgan fingerprint density at radius 2 is 2.22 bits per heavy atom. The van der Waals surface area contributed by atoms with E-state index in [4.69, 9.17) is 18.0 Å². The van der Waals surface area contributed by atoms with Gasteiger partial charge in [0.15, 0.2) is 0 Å². The van der Waals surface area contributed by atoms with Gasteiger partial charge in [-0.15, -0.1) is 6.42 Å². The highest BCUT2D eigenvalue weighted by atomic mass is 35.5. The lowest BCUT2D eigenvalue weighted by atomic mass is 10.1. The van der Waals surface area contributed by atoms with Gasteiger partial charge < -0.3 is 5.32 Å². The maximum atomic E-state index is 12.0. The maximum Gasteiger partial charge on any atom is 0.252 e. The van der Waals surface area contributed by atoms with Crippen LogP contribution in [0.25, 0.3) is 0 Å². The van der Waals surface area contributed by atoms with Crippen molar-refractivity contribution in [2.75, 3.05) is 0 Å². The minimum Gasteiger partial charge on any atom is -0.336 e. The first-order valence-electron chi connectivity index (χ1n) is 5.84. The summed E-state index contributed by atoms with van der Waals surface area (Å²) in [5, 5.41) is 3.08. The molecule has 1 aromatic rings. The molecule has 0 radical (unpaired) electrons. The fourth-order valence-corrected chi connectivity index (χ4v) is 1.68. The van der Waals surface area contributed by atoms with Crippen LogP contribution in [0.4, 0.5) is 0 Å². The molecule has 0 aliphatic rings. The highest BCUT2D eigenvalue weighted by Gasteiger charge is 2.18. The first kappa shape index (κ1) is 14.5. The number of aromatic nitrogens is 1. The highest BCUT2D eigenvalue weighted by Crippen LogP contribution is 2.13. The molecule has 18 heavy (non-hydrogen) atoms. The summed E-state index contributed by atoms with van der Waals surface area (Å²) in [6.45, 7) is 5.57. The van der Waals surface area contributed by atoms with E-state index in [1.165, 1.54) is 0 Å². The third-order valence-corrected chi connectivity index (χ3v) is 2.60. The zero-order valence-corrected chi connectivity index (χ0v) is 11.6. The molecular formula is C14H17ClN2O. The Morgan fingerprint density at radius 3 is 2.78 bits per heavy atom. The highest BCUT2D eigenvalue weighted by molar-refractivity contribution is 6.29. The van der Waals surface area contributed by atoms with Crippen LogP contribution < -0.4 is 5.32 Å². The van der Waals surface area contributed by atoms with E-state index in [0.29, 0.717) is 10.7 Å². The molecule has 0 saturated heterocycles. The van der Waals surface area contributed by atoms with Gasteiger partial charge in [-0.05, 0) is 32.4 Å². The molecule has 0 spiro atoms. The smallest absolute Gasteiger partial charge is 0.252 e. The zero-order chi connectivity index (χ0) is 13.8. The molecule has 0 bridgehead atoms.